The number of amides is 1. The summed E-state index contributed by atoms with van der Waals surface area (Å²) < 4.78 is 23.0. The van der Waals surface area contributed by atoms with Crippen LogP contribution in [0.25, 0.3) is 17.2 Å². The zero-order valence-corrected chi connectivity index (χ0v) is 20.4. The SMILES string of the molecule is CC1(C)OB(C(=Cc2cnoc2)CNC(=O)OCC2c3ccccc3-c3ccccc32)OC1(C)C. The van der Waals surface area contributed by atoms with Crippen LogP contribution in [-0.2, 0) is 14.0 Å². The third kappa shape index (κ3) is 4.51. The Hall–Kier alpha value is -3.36. The highest BCUT2D eigenvalue weighted by Crippen LogP contribution is 2.44. The summed E-state index contributed by atoms with van der Waals surface area (Å²) in [5.41, 5.74) is 5.21. The number of nitrogens with zero attached hydrogens (tertiary/aromatic N) is 1. The number of fused-ring (bicyclic) bond motifs is 3. The van der Waals surface area contributed by atoms with E-state index in [9.17, 15) is 4.79 Å². The first-order valence-corrected chi connectivity index (χ1v) is 11.8. The highest BCUT2D eigenvalue weighted by atomic mass is 16.7. The van der Waals surface area contributed by atoms with E-state index >= 15 is 0 Å². The van der Waals surface area contributed by atoms with E-state index in [2.05, 4.69) is 34.7 Å². The molecular formula is C27H29BN2O5. The summed E-state index contributed by atoms with van der Waals surface area (Å²) in [7, 11) is -0.621. The molecule has 1 saturated heterocycles. The summed E-state index contributed by atoms with van der Waals surface area (Å²) in [6.07, 6.45) is 4.47. The van der Waals surface area contributed by atoms with E-state index in [1.54, 1.807) is 6.20 Å². The summed E-state index contributed by atoms with van der Waals surface area (Å²) in [6, 6.07) is 16.5. The smallest absolute Gasteiger partial charge is 0.449 e. The molecule has 0 bridgehead atoms. The van der Waals surface area contributed by atoms with Crippen LogP contribution in [0.4, 0.5) is 4.79 Å². The Labute approximate surface area is 205 Å². The lowest BCUT2D eigenvalue weighted by Crippen LogP contribution is -2.41. The predicted molar refractivity (Wildman–Crippen MR) is 134 cm³/mol. The summed E-state index contributed by atoms with van der Waals surface area (Å²) in [5.74, 6) is 0.00302. The van der Waals surface area contributed by atoms with Gasteiger partial charge in [0.1, 0.15) is 12.9 Å². The molecule has 8 heteroatoms. The predicted octanol–water partition coefficient (Wildman–Crippen LogP) is 5.23. The third-order valence-electron chi connectivity index (χ3n) is 7.14. The van der Waals surface area contributed by atoms with Gasteiger partial charge in [0, 0.05) is 18.0 Å². The molecule has 0 unspecified atom stereocenters. The molecular weight excluding hydrogens is 443 g/mol. The maximum absolute atomic E-state index is 12.7. The normalized spacial score (nSPS) is 18.3. The van der Waals surface area contributed by atoms with Crippen LogP contribution in [0, 0.1) is 0 Å². The van der Waals surface area contributed by atoms with Crippen LogP contribution in [0.1, 0.15) is 50.3 Å². The van der Waals surface area contributed by atoms with Gasteiger partial charge in [-0.3, -0.25) is 0 Å². The van der Waals surface area contributed by atoms with Crippen LogP contribution < -0.4 is 5.32 Å². The summed E-state index contributed by atoms with van der Waals surface area (Å²) >= 11 is 0. The Morgan fingerprint density at radius 2 is 1.63 bits per heavy atom. The topological polar surface area (TPSA) is 82.8 Å². The molecule has 0 radical (unpaired) electrons. The summed E-state index contributed by atoms with van der Waals surface area (Å²) in [6.45, 7) is 8.40. The molecule has 1 N–H and O–H groups in total. The Morgan fingerprint density at radius 3 is 2.20 bits per heavy atom. The Balaban J connectivity index is 1.26. The second kappa shape index (κ2) is 9.02. The Bertz CT molecular complexity index is 1190. The van der Waals surface area contributed by atoms with E-state index in [1.165, 1.54) is 28.5 Å². The van der Waals surface area contributed by atoms with Gasteiger partial charge in [-0.1, -0.05) is 59.8 Å². The van der Waals surface area contributed by atoms with E-state index in [0.29, 0.717) is 0 Å². The molecule has 1 amide bonds. The van der Waals surface area contributed by atoms with Crippen molar-refractivity contribution in [2.45, 2.75) is 44.8 Å². The molecule has 35 heavy (non-hydrogen) atoms. The molecule has 5 rings (SSSR count). The van der Waals surface area contributed by atoms with Crippen molar-refractivity contribution in [2.24, 2.45) is 0 Å². The van der Waals surface area contributed by atoms with Crippen molar-refractivity contribution in [1.82, 2.24) is 10.5 Å². The van der Waals surface area contributed by atoms with Gasteiger partial charge in [0.25, 0.3) is 0 Å². The first-order valence-electron chi connectivity index (χ1n) is 11.8. The van der Waals surface area contributed by atoms with Gasteiger partial charge in [0.15, 0.2) is 0 Å². The highest BCUT2D eigenvalue weighted by Gasteiger charge is 2.52. The lowest BCUT2D eigenvalue weighted by Gasteiger charge is -2.32. The molecule has 180 valence electrons. The van der Waals surface area contributed by atoms with Crippen molar-refractivity contribution >= 4 is 19.3 Å². The lowest BCUT2D eigenvalue weighted by atomic mass is 9.77. The first kappa shape index (κ1) is 23.4. The van der Waals surface area contributed by atoms with Gasteiger partial charge >= 0.3 is 13.2 Å². The first-order chi connectivity index (χ1) is 16.7. The molecule has 1 aliphatic heterocycles. The fourth-order valence-corrected chi connectivity index (χ4v) is 4.52. The third-order valence-corrected chi connectivity index (χ3v) is 7.14. The number of rotatable bonds is 6. The second-order valence-electron chi connectivity index (χ2n) is 9.94. The number of hydrogen-bond donors (Lipinski definition) is 1. The van der Waals surface area contributed by atoms with Crippen molar-refractivity contribution in [2.75, 3.05) is 13.2 Å². The molecule has 0 atom stereocenters. The van der Waals surface area contributed by atoms with Crippen molar-refractivity contribution in [3.63, 3.8) is 0 Å². The number of hydrogen-bond acceptors (Lipinski definition) is 6. The highest BCUT2D eigenvalue weighted by molar-refractivity contribution is 6.56. The second-order valence-corrected chi connectivity index (χ2v) is 9.94. The van der Waals surface area contributed by atoms with Crippen LogP contribution >= 0.6 is 0 Å². The number of carbonyl (C=O) groups excluding carboxylic acids is 1. The van der Waals surface area contributed by atoms with Crippen molar-refractivity contribution in [3.05, 3.63) is 83.2 Å². The molecule has 2 aliphatic rings. The Morgan fingerprint density at radius 1 is 1.03 bits per heavy atom. The minimum Gasteiger partial charge on any atom is -0.449 e. The monoisotopic (exact) mass is 472 g/mol. The molecule has 3 aromatic rings. The summed E-state index contributed by atoms with van der Waals surface area (Å²) in [5, 5.41) is 6.61. The van der Waals surface area contributed by atoms with E-state index in [4.69, 9.17) is 18.6 Å². The quantitative estimate of drug-likeness (QED) is 0.495. The van der Waals surface area contributed by atoms with E-state index in [0.717, 1.165) is 11.0 Å². The fourth-order valence-electron chi connectivity index (χ4n) is 4.52. The van der Waals surface area contributed by atoms with Crippen molar-refractivity contribution < 1.29 is 23.4 Å². The number of alkyl carbamates (subject to hydrolysis) is 1. The minimum absolute atomic E-state index is 0.00302. The molecule has 1 fully saturated rings. The van der Waals surface area contributed by atoms with Crippen molar-refractivity contribution in [3.8, 4) is 11.1 Å². The lowest BCUT2D eigenvalue weighted by molar-refractivity contribution is 0.00578. The zero-order valence-electron chi connectivity index (χ0n) is 20.4. The molecule has 1 aromatic heterocycles. The number of nitrogens with one attached hydrogen (secondary N) is 1. The largest absolute Gasteiger partial charge is 0.492 e. The fraction of sp³-hybridized carbons (Fsp3) is 0.333. The number of ether oxygens (including phenoxy) is 1. The van der Waals surface area contributed by atoms with E-state index in [-0.39, 0.29) is 19.1 Å². The zero-order chi connectivity index (χ0) is 24.6. The van der Waals surface area contributed by atoms with Gasteiger partial charge in [0.05, 0.1) is 17.4 Å². The van der Waals surface area contributed by atoms with E-state index in [1.807, 2.05) is 58.0 Å². The molecule has 0 saturated carbocycles. The van der Waals surface area contributed by atoms with Gasteiger partial charge in [-0.15, -0.1) is 0 Å². The molecule has 1 aliphatic carbocycles. The number of aromatic nitrogens is 1. The van der Waals surface area contributed by atoms with Crippen molar-refractivity contribution in [1.29, 1.82) is 0 Å². The van der Waals surface area contributed by atoms with Crippen LogP contribution in [0.3, 0.4) is 0 Å². The van der Waals surface area contributed by atoms with Gasteiger partial charge < -0.3 is 23.9 Å². The standard InChI is InChI=1S/C27H29BN2O5/c1-26(2)27(3,4)35-28(34-26)19(13-18-14-30-33-16-18)15-29-25(31)32-17-24-22-11-7-5-9-20(22)21-10-6-8-12-23(21)24/h5-14,16,24H,15,17H2,1-4H3,(H,29,31). The molecule has 2 heterocycles. The van der Waals surface area contributed by atoms with Crippen LogP contribution in [-0.4, -0.2) is 42.7 Å². The van der Waals surface area contributed by atoms with Gasteiger partial charge in [0.2, 0.25) is 0 Å². The molecule has 7 nitrogen and oxygen atoms in total. The van der Waals surface area contributed by atoms with Crippen LogP contribution in [0.5, 0.6) is 0 Å². The van der Waals surface area contributed by atoms with Crippen LogP contribution in [0.15, 0.2) is 71.0 Å². The van der Waals surface area contributed by atoms with Gasteiger partial charge in [-0.2, -0.15) is 0 Å². The van der Waals surface area contributed by atoms with Crippen LogP contribution in [0.2, 0.25) is 0 Å². The minimum atomic E-state index is -0.621. The Kier molecular flexibility index (Phi) is 6.03. The van der Waals surface area contributed by atoms with Gasteiger partial charge in [-0.05, 0) is 55.4 Å². The van der Waals surface area contributed by atoms with Gasteiger partial charge in [-0.25, -0.2) is 4.79 Å². The average Bonchev–Trinajstić information content (AvgIpc) is 3.50. The maximum Gasteiger partial charge on any atom is 0.492 e. The average molecular weight is 472 g/mol. The van der Waals surface area contributed by atoms with E-state index < -0.39 is 24.4 Å². The number of carbonyl (C=O) groups is 1. The molecule has 2 aromatic carbocycles. The summed E-state index contributed by atoms with van der Waals surface area (Å²) in [4.78, 5) is 12.7. The molecule has 0 spiro atoms. The number of benzene rings is 2. The maximum atomic E-state index is 12.7.